The Morgan fingerprint density at radius 1 is 1.40 bits per heavy atom. The van der Waals surface area contributed by atoms with Crippen molar-refractivity contribution in [3.05, 3.63) is 40.4 Å². The number of nitro groups is 1. The van der Waals surface area contributed by atoms with Crippen molar-refractivity contribution >= 4 is 22.4 Å². The number of nitrogens with zero attached hydrogens (tertiary/aromatic N) is 2. The summed E-state index contributed by atoms with van der Waals surface area (Å²) >= 11 is 0. The zero-order valence-electron chi connectivity index (χ0n) is 11.0. The molecule has 2 aromatic rings. The molecule has 1 heterocycles. The van der Waals surface area contributed by atoms with Crippen LogP contribution in [0.5, 0.6) is 0 Å². The lowest BCUT2D eigenvalue weighted by atomic mass is 10.1. The highest BCUT2D eigenvalue weighted by atomic mass is 16.6. The minimum atomic E-state index is -0.400. The first-order chi connectivity index (χ1) is 9.67. The molecule has 0 amide bonds. The van der Waals surface area contributed by atoms with E-state index < -0.39 is 4.92 Å². The van der Waals surface area contributed by atoms with Crippen molar-refractivity contribution in [2.45, 2.75) is 18.9 Å². The average Bonchev–Trinajstić information content (AvgIpc) is 3.28. The van der Waals surface area contributed by atoms with Gasteiger partial charge in [-0.05, 0) is 37.0 Å². The zero-order chi connectivity index (χ0) is 14.1. The van der Waals surface area contributed by atoms with Crippen LogP contribution in [0.25, 0.3) is 10.9 Å². The number of non-ortho nitro benzene ring substituents is 1. The largest absolute Gasteiger partial charge is 0.366 e. The summed E-state index contributed by atoms with van der Waals surface area (Å²) in [5.41, 5.74) is 6.59. The van der Waals surface area contributed by atoms with Crippen molar-refractivity contribution in [3.8, 4) is 0 Å². The first-order valence-electron chi connectivity index (χ1n) is 6.69. The molecule has 1 aliphatic carbocycles. The van der Waals surface area contributed by atoms with Crippen LogP contribution in [-0.4, -0.2) is 22.5 Å². The SMILES string of the molecule is NCC(Nc1ccc2cc([N+](=O)[O-])ccc2n1)C1CC1. The Kier molecular flexibility index (Phi) is 3.23. The second-order valence-electron chi connectivity index (χ2n) is 5.15. The third-order valence-corrected chi connectivity index (χ3v) is 3.66. The quantitative estimate of drug-likeness (QED) is 0.643. The average molecular weight is 272 g/mol. The van der Waals surface area contributed by atoms with Gasteiger partial charge in [-0.1, -0.05) is 0 Å². The second-order valence-corrected chi connectivity index (χ2v) is 5.15. The molecule has 3 N–H and O–H groups in total. The Bertz CT molecular complexity index is 655. The number of benzene rings is 1. The molecule has 1 aromatic carbocycles. The van der Waals surface area contributed by atoms with E-state index in [1.165, 1.54) is 25.0 Å². The summed E-state index contributed by atoms with van der Waals surface area (Å²) in [6.45, 7) is 0.588. The van der Waals surface area contributed by atoms with Crippen LogP contribution in [0.15, 0.2) is 30.3 Å². The van der Waals surface area contributed by atoms with Gasteiger partial charge in [0, 0.05) is 30.1 Å². The number of fused-ring (bicyclic) bond motifs is 1. The van der Waals surface area contributed by atoms with Gasteiger partial charge in [0.25, 0.3) is 5.69 Å². The lowest BCUT2D eigenvalue weighted by Gasteiger charge is -2.16. The Labute approximate surface area is 116 Å². The van der Waals surface area contributed by atoms with Gasteiger partial charge >= 0.3 is 0 Å². The van der Waals surface area contributed by atoms with Crippen molar-refractivity contribution in [3.63, 3.8) is 0 Å². The molecule has 1 unspecified atom stereocenters. The lowest BCUT2D eigenvalue weighted by Crippen LogP contribution is -2.31. The van der Waals surface area contributed by atoms with Crippen LogP contribution in [0.1, 0.15) is 12.8 Å². The number of nitro benzene ring substituents is 1. The normalized spacial score (nSPS) is 16.1. The monoisotopic (exact) mass is 272 g/mol. The number of pyridine rings is 1. The molecule has 3 rings (SSSR count). The minimum Gasteiger partial charge on any atom is -0.366 e. The van der Waals surface area contributed by atoms with Crippen molar-refractivity contribution in [2.24, 2.45) is 11.7 Å². The Morgan fingerprint density at radius 3 is 2.85 bits per heavy atom. The van der Waals surface area contributed by atoms with Crippen LogP contribution < -0.4 is 11.1 Å². The Morgan fingerprint density at radius 2 is 2.20 bits per heavy atom. The van der Waals surface area contributed by atoms with E-state index in [0.29, 0.717) is 12.5 Å². The number of nitrogens with two attached hydrogens (primary N) is 1. The summed E-state index contributed by atoms with van der Waals surface area (Å²) < 4.78 is 0. The standard InChI is InChI=1S/C14H16N4O2/c15-8-13(9-1-2-9)17-14-6-3-10-7-11(18(19)20)4-5-12(10)16-14/h3-7,9,13H,1-2,8,15H2,(H,16,17). The van der Waals surface area contributed by atoms with Crippen molar-refractivity contribution in [1.29, 1.82) is 0 Å². The molecule has 1 aromatic heterocycles. The third-order valence-electron chi connectivity index (χ3n) is 3.66. The molecule has 104 valence electrons. The van der Waals surface area contributed by atoms with E-state index in [4.69, 9.17) is 5.73 Å². The molecule has 1 aliphatic rings. The number of rotatable bonds is 5. The molecular weight excluding hydrogens is 256 g/mol. The molecule has 1 saturated carbocycles. The molecule has 0 saturated heterocycles. The molecule has 6 heteroatoms. The molecule has 0 spiro atoms. The van der Waals surface area contributed by atoms with Crippen LogP contribution in [-0.2, 0) is 0 Å². The predicted molar refractivity (Wildman–Crippen MR) is 77.6 cm³/mol. The fourth-order valence-corrected chi connectivity index (χ4v) is 2.36. The molecular formula is C14H16N4O2. The zero-order valence-corrected chi connectivity index (χ0v) is 11.0. The van der Waals surface area contributed by atoms with Gasteiger partial charge in [-0.3, -0.25) is 10.1 Å². The van der Waals surface area contributed by atoms with E-state index in [1.807, 2.05) is 12.1 Å². The summed E-state index contributed by atoms with van der Waals surface area (Å²) in [6.07, 6.45) is 2.43. The number of nitrogens with one attached hydrogen (secondary N) is 1. The van der Waals surface area contributed by atoms with Gasteiger partial charge in [0.1, 0.15) is 5.82 Å². The van der Waals surface area contributed by atoms with E-state index in [-0.39, 0.29) is 11.7 Å². The fraction of sp³-hybridized carbons (Fsp3) is 0.357. The highest BCUT2D eigenvalue weighted by Crippen LogP contribution is 2.33. The molecule has 6 nitrogen and oxygen atoms in total. The van der Waals surface area contributed by atoms with E-state index in [1.54, 1.807) is 6.07 Å². The molecule has 0 bridgehead atoms. The third kappa shape index (κ3) is 2.55. The predicted octanol–water partition coefficient (Wildman–Crippen LogP) is 2.29. The van der Waals surface area contributed by atoms with E-state index in [0.717, 1.165) is 16.7 Å². The van der Waals surface area contributed by atoms with Gasteiger partial charge in [0.15, 0.2) is 0 Å². The second kappa shape index (κ2) is 5.05. The van der Waals surface area contributed by atoms with E-state index in [9.17, 15) is 10.1 Å². The van der Waals surface area contributed by atoms with Gasteiger partial charge < -0.3 is 11.1 Å². The smallest absolute Gasteiger partial charge is 0.270 e. The first-order valence-corrected chi connectivity index (χ1v) is 6.69. The topological polar surface area (TPSA) is 94.1 Å². The highest BCUT2D eigenvalue weighted by molar-refractivity contribution is 5.82. The van der Waals surface area contributed by atoms with Crippen LogP contribution in [0.4, 0.5) is 11.5 Å². The molecule has 1 fully saturated rings. The summed E-state index contributed by atoms with van der Waals surface area (Å²) in [5.74, 6) is 1.42. The molecule has 1 atom stereocenters. The van der Waals surface area contributed by atoms with Crippen molar-refractivity contribution in [1.82, 2.24) is 4.98 Å². The molecule has 0 radical (unpaired) electrons. The number of hydrogen-bond donors (Lipinski definition) is 2. The minimum absolute atomic E-state index is 0.0813. The van der Waals surface area contributed by atoms with Gasteiger partial charge in [-0.25, -0.2) is 4.98 Å². The fourth-order valence-electron chi connectivity index (χ4n) is 2.36. The van der Waals surface area contributed by atoms with Crippen molar-refractivity contribution in [2.75, 3.05) is 11.9 Å². The van der Waals surface area contributed by atoms with Crippen LogP contribution in [0, 0.1) is 16.0 Å². The molecule has 20 heavy (non-hydrogen) atoms. The summed E-state index contributed by atoms with van der Waals surface area (Å²) in [6, 6.07) is 8.63. The Hall–Kier alpha value is -2.21. The summed E-state index contributed by atoms with van der Waals surface area (Å²) in [4.78, 5) is 14.8. The van der Waals surface area contributed by atoms with Crippen LogP contribution >= 0.6 is 0 Å². The highest BCUT2D eigenvalue weighted by Gasteiger charge is 2.30. The van der Waals surface area contributed by atoms with Gasteiger partial charge in [-0.2, -0.15) is 0 Å². The van der Waals surface area contributed by atoms with Gasteiger partial charge in [-0.15, -0.1) is 0 Å². The lowest BCUT2D eigenvalue weighted by molar-refractivity contribution is -0.384. The number of hydrogen-bond acceptors (Lipinski definition) is 5. The Balaban J connectivity index is 1.86. The maximum absolute atomic E-state index is 10.7. The maximum atomic E-state index is 10.7. The van der Waals surface area contributed by atoms with Gasteiger partial charge in [0.2, 0.25) is 0 Å². The number of aromatic nitrogens is 1. The number of anilines is 1. The van der Waals surface area contributed by atoms with Gasteiger partial charge in [0.05, 0.1) is 10.4 Å². The van der Waals surface area contributed by atoms with Crippen molar-refractivity contribution < 1.29 is 4.92 Å². The molecule has 0 aliphatic heterocycles. The van der Waals surface area contributed by atoms with Crippen LogP contribution in [0.2, 0.25) is 0 Å². The summed E-state index contributed by atoms with van der Waals surface area (Å²) in [5, 5.41) is 14.9. The van der Waals surface area contributed by atoms with E-state index in [2.05, 4.69) is 10.3 Å². The summed E-state index contributed by atoms with van der Waals surface area (Å²) in [7, 11) is 0. The first kappa shape index (κ1) is 12.8. The maximum Gasteiger partial charge on any atom is 0.270 e. The van der Waals surface area contributed by atoms with E-state index >= 15 is 0 Å². The van der Waals surface area contributed by atoms with Crippen LogP contribution in [0.3, 0.4) is 0 Å².